The zero-order chi connectivity index (χ0) is 4.41. The van der Waals surface area contributed by atoms with Gasteiger partial charge >= 0.3 is 0 Å². The molecule has 0 saturated heterocycles. The van der Waals surface area contributed by atoms with Crippen molar-refractivity contribution < 1.29 is 0 Å². The zero-order valence-electron chi connectivity index (χ0n) is 3.07. The Hall–Kier alpha value is 0.620. The minimum atomic E-state index is 1.05. The molecule has 1 heterocycles. The van der Waals surface area contributed by atoms with Crippen LogP contribution in [-0.4, -0.2) is 5.88 Å². The van der Waals surface area contributed by atoms with Crippen LogP contribution >= 0.6 is 34.4 Å². The van der Waals surface area contributed by atoms with Crippen LogP contribution in [0.5, 0.6) is 0 Å². The second kappa shape index (κ2) is 2.07. The first-order chi connectivity index (χ1) is 2.89. The van der Waals surface area contributed by atoms with E-state index in [1.165, 1.54) is 2.91 Å². The van der Waals surface area contributed by atoms with Crippen molar-refractivity contribution in [1.29, 1.82) is 0 Å². The molecule has 0 saturated carbocycles. The third-order valence-corrected chi connectivity index (χ3v) is 2.46. The Morgan fingerprint density at radius 3 is 3.00 bits per heavy atom. The third kappa shape index (κ3) is 1.04. The molecule has 0 amide bonds. The van der Waals surface area contributed by atoms with Crippen molar-refractivity contribution in [3.63, 3.8) is 0 Å². The second-order valence-corrected chi connectivity index (χ2v) is 3.85. The van der Waals surface area contributed by atoms with E-state index in [0.717, 1.165) is 5.88 Å². The van der Waals surface area contributed by atoms with Gasteiger partial charge in [-0.15, -0.1) is 0 Å². The lowest BCUT2D eigenvalue weighted by Crippen LogP contribution is -1.93. The van der Waals surface area contributed by atoms with E-state index in [1.54, 1.807) is 0 Å². The van der Waals surface area contributed by atoms with Crippen molar-refractivity contribution in [3.8, 4) is 0 Å². The SMILES string of the molecule is IC1=CNCS1. The number of thioether (sulfide) groups is 1. The highest BCUT2D eigenvalue weighted by molar-refractivity contribution is 14.1. The predicted octanol–water partition coefficient (Wildman–Crippen LogP) is 1.51. The van der Waals surface area contributed by atoms with Crippen LogP contribution in [-0.2, 0) is 0 Å². The van der Waals surface area contributed by atoms with E-state index in [9.17, 15) is 0 Å². The van der Waals surface area contributed by atoms with Crippen LogP contribution in [0.2, 0.25) is 0 Å². The fraction of sp³-hybridized carbons (Fsp3) is 0.333. The highest BCUT2D eigenvalue weighted by Crippen LogP contribution is 2.24. The maximum atomic E-state index is 3.07. The standard InChI is InChI=1S/C3H4INS/c4-3-1-5-2-6-3/h1,5H,2H2. The zero-order valence-corrected chi connectivity index (χ0v) is 6.04. The molecule has 0 aromatic rings. The molecular formula is C3H4INS. The summed E-state index contributed by atoms with van der Waals surface area (Å²) in [6, 6.07) is 0. The first-order valence-electron chi connectivity index (χ1n) is 1.61. The first kappa shape index (κ1) is 4.77. The third-order valence-electron chi connectivity index (χ3n) is 0.509. The van der Waals surface area contributed by atoms with Crippen LogP contribution in [0.25, 0.3) is 0 Å². The van der Waals surface area contributed by atoms with Gasteiger partial charge < -0.3 is 5.32 Å². The topological polar surface area (TPSA) is 12.0 Å². The predicted molar refractivity (Wildman–Crippen MR) is 37.7 cm³/mol. The fourth-order valence-electron chi connectivity index (χ4n) is 0.274. The lowest BCUT2D eigenvalue weighted by Gasteiger charge is -1.78. The van der Waals surface area contributed by atoms with Gasteiger partial charge in [-0.1, -0.05) is 11.8 Å². The molecule has 1 N–H and O–H groups in total. The number of halogens is 1. The minimum Gasteiger partial charge on any atom is -0.380 e. The molecule has 0 bridgehead atoms. The average Bonchev–Trinajstić information content (AvgIpc) is 1.86. The molecule has 1 aliphatic rings. The van der Waals surface area contributed by atoms with Crippen LogP contribution in [0.3, 0.4) is 0 Å². The summed E-state index contributed by atoms with van der Waals surface area (Å²) < 4.78 is 1.35. The molecule has 0 aromatic heterocycles. The normalized spacial score (nSPS) is 19.8. The van der Waals surface area contributed by atoms with Gasteiger partial charge in [0.25, 0.3) is 0 Å². The highest BCUT2D eigenvalue weighted by Gasteiger charge is 1.95. The average molecular weight is 213 g/mol. The summed E-state index contributed by atoms with van der Waals surface area (Å²) in [5.41, 5.74) is 0. The molecular weight excluding hydrogens is 209 g/mol. The summed E-state index contributed by atoms with van der Waals surface area (Å²) in [5, 5.41) is 3.07. The summed E-state index contributed by atoms with van der Waals surface area (Å²) in [6.07, 6.45) is 2.02. The Bertz CT molecular complexity index is 80.9. The van der Waals surface area contributed by atoms with Gasteiger partial charge in [0.2, 0.25) is 0 Å². The van der Waals surface area contributed by atoms with Gasteiger partial charge in [-0.25, -0.2) is 0 Å². The van der Waals surface area contributed by atoms with E-state index < -0.39 is 0 Å². The van der Waals surface area contributed by atoms with Gasteiger partial charge in [0.15, 0.2) is 0 Å². The van der Waals surface area contributed by atoms with Crippen molar-refractivity contribution in [1.82, 2.24) is 5.32 Å². The van der Waals surface area contributed by atoms with Gasteiger partial charge in [-0.2, -0.15) is 0 Å². The molecule has 0 atom stereocenters. The lowest BCUT2D eigenvalue weighted by atomic mass is 11.0. The molecule has 34 valence electrons. The Labute approximate surface area is 54.7 Å². The van der Waals surface area contributed by atoms with Crippen LogP contribution < -0.4 is 5.32 Å². The first-order valence-corrected chi connectivity index (χ1v) is 3.68. The van der Waals surface area contributed by atoms with Crippen molar-refractivity contribution in [2.45, 2.75) is 0 Å². The molecule has 3 heteroatoms. The molecule has 6 heavy (non-hydrogen) atoms. The summed E-state index contributed by atoms with van der Waals surface area (Å²) in [7, 11) is 0. The molecule has 0 radical (unpaired) electrons. The summed E-state index contributed by atoms with van der Waals surface area (Å²) in [6.45, 7) is 0. The molecule has 1 rings (SSSR count). The van der Waals surface area contributed by atoms with Gasteiger partial charge in [-0.05, 0) is 22.6 Å². The molecule has 0 aromatic carbocycles. The van der Waals surface area contributed by atoms with E-state index in [2.05, 4.69) is 27.9 Å². The van der Waals surface area contributed by atoms with E-state index in [1.807, 2.05) is 18.0 Å². The molecule has 0 spiro atoms. The smallest absolute Gasteiger partial charge is 0.0657 e. The van der Waals surface area contributed by atoms with E-state index in [4.69, 9.17) is 0 Å². The van der Waals surface area contributed by atoms with E-state index in [-0.39, 0.29) is 0 Å². The number of nitrogens with one attached hydrogen (secondary N) is 1. The highest BCUT2D eigenvalue weighted by atomic mass is 127. The van der Waals surface area contributed by atoms with Crippen LogP contribution in [0, 0.1) is 0 Å². The van der Waals surface area contributed by atoms with Gasteiger partial charge in [0.05, 0.1) is 8.79 Å². The maximum absolute atomic E-state index is 3.07. The van der Waals surface area contributed by atoms with Gasteiger partial charge in [0, 0.05) is 6.20 Å². The number of hydrogen-bond acceptors (Lipinski definition) is 2. The monoisotopic (exact) mass is 213 g/mol. The van der Waals surface area contributed by atoms with E-state index in [0.29, 0.717) is 0 Å². The molecule has 1 nitrogen and oxygen atoms in total. The van der Waals surface area contributed by atoms with Crippen LogP contribution in [0.1, 0.15) is 0 Å². The number of rotatable bonds is 0. The summed E-state index contributed by atoms with van der Waals surface area (Å²) in [4.78, 5) is 0. The van der Waals surface area contributed by atoms with Crippen molar-refractivity contribution in [2.75, 3.05) is 5.88 Å². The van der Waals surface area contributed by atoms with Gasteiger partial charge in [0.1, 0.15) is 0 Å². The Morgan fingerprint density at radius 1 is 2.00 bits per heavy atom. The Morgan fingerprint density at radius 2 is 2.83 bits per heavy atom. The van der Waals surface area contributed by atoms with Crippen molar-refractivity contribution >= 4 is 34.4 Å². The quantitative estimate of drug-likeness (QED) is 0.612. The van der Waals surface area contributed by atoms with Crippen molar-refractivity contribution in [2.24, 2.45) is 0 Å². The lowest BCUT2D eigenvalue weighted by molar-refractivity contribution is 1.08. The Balaban J connectivity index is 2.45. The largest absolute Gasteiger partial charge is 0.380 e. The maximum Gasteiger partial charge on any atom is 0.0657 e. The molecule has 1 aliphatic heterocycles. The second-order valence-electron chi connectivity index (χ2n) is 0.941. The Kier molecular flexibility index (Phi) is 1.64. The summed E-state index contributed by atoms with van der Waals surface area (Å²) >= 11 is 4.13. The minimum absolute atomic E-state index is 1.05. The van der Waals surface area contributed by atoms with Crippen LogP contribution in [0.4, 0.5) is 0 Å². The molecule has 0 fully saturated rings. The van der Waals surface area contributed by atoms with E-state index >= 15 is 0 Å². The van der Waals surface area contributed by atoms with Gasteiger partial charge in [-0.3, -0.25) is 0 Å². The number of hydrogen-bond donors (Lipinski definition) is 1. The molecule has 0 unspecified atom stereocenters. The molecule has 0 aliphatic carbocycles. The van der Waals surface area contributed by atoms with Crippen LogP contribution in [0.15, 0.2) is 9.11 Å². The fourth-order valence-corrected chi connectivity index (χ4v) is 1.43. The summed E-state index contributed by atoms with van der Waals surface area (Å²) in [5.74, 6) is 1.05. The van der Waals surface area contributed by atoms with Crippen molar-refractivity contribution in [3.05, 3.63) is 9.11 Å².